The number of anilines is 3. The second-order valence-electron chi connectivity index (χ2n) is 8.92. The number of benzene rings is 3. The van der Waals surface area contributed by atoms with Crippen LogP contribution >= 0.6 is 0 Å². The molecule has 0 bridgehead atoms. The van der Waals surface area contributed by atoms with E-state index < -0.39 is 22.5 Å². The number of aryl methyl sites for hydroxylation is 2. The molecule has 1 aliphatic heterocycles. The number of carbonyl (C=O) groups excluding carboxylic acids is 2. The summed E-state index contributed by atoms with van der Waals surface area (Å²) in [6, 6.07) is 18.6. The van der Waals surface area contributed by atoms with E-state index >= 15 is 0 Å². The minimum absolute atomic E-state index is 0.0504. The predicted molar refractivity (Wildman–Crippen MR) is 145 cm³/mol. The highest BCUT2D eigenvalue weighted by atomic mass is 32.2. The van der Waals surface area contributed by atoms with Crippen LogP contribution in [0.2, 0.25) is 0 Å². The minimum atomic E-state index is -4.09. The highest BCUT2D eigenvalue weighted by Crippen LogP contribution is 2.33. The lowest BCUT2D eigenvalue weighted by molar-refractivity contribution is -0.117. The van der Waals surface area contributed by atoms with Gasteiger partial charge in [0.25, 0.3) is 10.0 Å². The SMILES string of the molecule is CCOc1ccccc1N(CC(=O)Nc1ccc(C)c(N2CCCC2=O)c1)S(=O)(=O)c1ccc(C)cc1. The van der Waals surface area contributed by atoms with Crippen molar-refractivity contribution in [3.63, 3.8) is 0 Å². The zero-order valence-electron chi connectivity index (χ0n) is 21.2. The number of nitrogens with one attached hydrogen (secondary N) is 1. The first-order valence-electron chi connectivity index (χ1n) is 12.2. The van der Waals surface area contributed by atoms with Gasteiger partial charge in [-0.3, -0.25) is 13.9 Å². The molecular weight excluding hydrogens is 490 g/mol. The minimum Gasteiger partial charge on any atom is -0.492 e. The van der Waals surface area contributed by atoms with E-state index in [9.17, 15) is 18.0 Å². The van der Waals surface area contributed by atoms with E-state index in [1.807, 2.05) is 26.8 Å². The van der Waals surface area contributed by atoms with Gasteiger partial charge in [-0.05, 0) is 69.2 Å². The maximum absolute atomic E-state index is 13.7. The molecule has 0 aromatic heterocycles. The second-order valence-corrected chi connectivity index (χ2v) is 10.8. The quantitative estimate of drug-likeness (QED) is 0.442. The standard InChI is InChI=1S/C28H31N3O5S/c1-4-36-26-9-6-5-8-24(26)31(37(34,35)23-15-11-20(2)12-16-23)19-27(32)29-22-14-13-21(3)25(18-22)30-17-7-10-28(30)33/h5-6,8-9,11-16,18H,4,7,10,17,19H2,1-3H3,(H,29,32). The number of amides is 2. The van der Waals surface area contributed by atoms with Gasteiger partial charge in [-0.25, -0.2) is 8.42 Å². The van der Waals surface area contributed by atoms with Crippen LogP contribution in [0.25, 0.3) is 0 Å². The second kappa shape index (κ2) is 11.0. The summed E-state index contributed by atoms with van der Waals surface area (Å²) in [7, 11) is -4.09. The monoisotopic (exact) mass is 521 g/mol. The van der Waals surface area contributed by atoms with Crippen LogP contribution in [0.3, 0.4) is 0 Å². The number of ether oxygens (including phenoxy) is 1. The average molecular weight is 522 g/mol. The Bertz CT molecular complexity index is 1400. The molecule has 0 unspecified atom stereocenters. The number of hydrogen-bond acceptors (Lipinski definition) is 5. The van der Waals surface area contributed by atoms with Crippen LogP contribution in [0.1, 0.15) is 30.9 Å². The molecule has 2 amide bonds. The van der Waals surface area contributed by atoms with Crippen LogP contribution in [0, 0.1) is 13.8 Å². The van der Waals surface area contributed by atoms with Crippen LogP contribution in [0.15, 0.2) is 71.6 Å². The molecule has 0 saturated carbocycles. The Kier molecular flexibility index (Phi) is 7.83. The molecule has 0 atom stereocenters. The third-order valence-electron chi connectivity index (χ3n) is 6.19. The molecular formula is C28H31N3O5S. The van der Waals surface area contributed by atoms with Crippen molar-refractivity contribution in [1.82, 2.24) is 0 Å². The first-order valence-corrected chi connectivity index (χ1v) is 13.7. The van der Waals surface area contributed by atoms with E-state index in [1.54, 1.807) is 53.4 Å². The summed E-state index contributed by atoms with van der Waals surface area (Å²) < 4.78 is 34.2. The highest BCUT2D eigenvalue weighted by molar-refractivity contribution is 7.92. The van der Waals surface area contributed by atoms with E-state index in [2.05, 4.69) is 5.32 Å². The van der Waals surface area contributed by atoms with Gasteiger partial charge in [-0.15, -0.1) is 0 Å². The summed E-state index contributed by atoms with van der Waals surface area (Å²) in [4.78, 5) is 27.3. The van der Waals surface area contributed by atoms with Crippen molar-refractivity contribution in [3.05, 3.63) is 77.9 Å². The summed E-state index contributed by atoms with van der Waals surface area (Å²) in [6.45, 7) is 6.09. The maximum Gasteiger partial charge on any atom is 0.264 e. The molecule has 0 spiro atoms. The summed E-state index contributed by atoms with van der Waals surface area (Å²) in [5, 5.41) is 2.81. The van der Waals surface area contributed by atoms with Gasteiger partial charge in [0, 0.05) is 24.3 Å². The molecule has 3 aromatic rings. The molecule has 1 fully saturated rings. The summed E-state index contributed by atoms with van der Waals surface area (Å²) in [5.41, 5.74) is 3.33. The Labute approximate surface area is 217 Å². The van der Waals surface area contributed by atoms with Crippen LogP contribution < -0.4 is 19.3 Å². The molecule has 1 N–H and O–H groups in total. The smallest absolute Gasteiger partial charge is 0.264 e. The lowest BCUT2D eigenvalue weighted by Gasteiger charge is -2.26. The van der Waals surface area contributed by atoms with Crippen molar-refractivity contribution in [2.75, 3.05) is 34.2 Å². The average Bonchev–Trinajstić information content (AvgIpc) is 3.30. The molecule has 1 saturated heterocycles. The molecule has 1 heterocycles. The van der Waals surface area contributed by atoms with Gasteiger partial charge in [0.15, 0.2) is 0 Å². The number of para-hydroxylation sites is 2. The summed E-state index contributed by atoms with van der Waals surface area (Å²) in [5.74, 6) is -0.113. The summed E-state index contributed by atoms with van der Waals surface area (Å²) >= 11 is 0. The van der Waals surface area contributed by atoms with Gasteiger partial charge in [-0.1, -0.05) is 35.9 Å². The molecule has 0 radical (unpaired) electrons. The van der Waals surface area contributed by atoms with Crippen LogP contribution in [0.4, 0.5) is 17.1 Å². The van der Waals surface area contributed by atoms with Gasteiger partial charge in [0.05, 0.1) is 17.2 Å². The lowest BCUT2D eigenvalue weighted by atomic mass is 10.1. The number of hydrogen-bond donors (Lipinski definition) is 1. The summed E-state index contributed by atoms with van der Waals surface area (Å²) in [6.07, 6.45) is 1.29. The van der Waals surface area contributed by atoms with Crippen molar-refractivity contribution in [3.8, 4) is 5.75 Å². The molecule has 0 aliphatic carbocycles. The van der Waals surface area contributed by atoms with E-state index in [4.69, 9.17) is 4.74 Å². The van der Waals surface area contributed by atoms with Crippen LogP contribution in [0.5, 0.6) is 5.75 Å². The molecule has 37 heavy (non-hydrogen) atoms. The van der Waals surface area contributed by atoms with Crippen molar-refractivity contribution in [1.29, 1.82) is 0 Å². The molecule has 4 rings (SSSR count). The molecule has 194 valence electrons. The highest BCUT2D eigenvalue weighted by Gasteiger charge is 2.30. The van der Waals surface area contributed by atoms with E-state index in [0.717, 1.165) is 27.5 Å². The molecule has 8 nitrogen and oxygen atoms in total. The fourth-order valence-electron chi connectivity index (χ4n) is 4.29. The zero-order chi connectivity index (χ0) is 26.6. The van der Waals surface area contributed by atoms with Crippen molar-refractivity contribution >= 4 is 38.9 Å². The third kappa shape index (κ3) is 5.77. The van der Waals surface area contributed by atoms with Gasteiger partial charge in [0.2, 0.25) is 11.8 Å². The fraction of sp³-hybridized carbons (Fsp3) is 0.286. The third-order valence-corrected chi connectivity index (χ3v) is 7.96. The Morgan fingerprint density at radius 3 is 2.46 bits per heavy atom. The van der Waals surface area contributed by atoms with Crippen LogP contribution in [-0.4, -0.2) is 39.9 Å². The Morgan fingerprint density at radius 1 is 1.05 bits per heavy atom. The van der Waals surface area contributed by atoms with Crippen molar-refractivity contribution < 1.29 is 22.7 Å². The number of rotatable bonds is 9. The predicted octanol–water partition coefficient (Wildman–Crippen LogP) is 4.66. The van der Waals surface area contributed by atoms with E-state index in [-0.39, 0.29) is 16.5 Å². The van der Waals surface area contributed by atoms with Crippen molar-refractivity contribution in [2.45, 2.75) is 38.5 Å². The number of carbonyl (C=O) groups is 2. The van der Waals surface area contributed by atoms with Crippen molar-refractivity contribution in [2.24, 2.45) is 0 Å². The first kappa shape index (κ1) is 26.2. The van der Waals surface area contributed by atoms with Gasteiger partial charge < -0.3 is 15.0 Å². The van der Waals surface area contributed by atoms with Gasteiger partial charge in [-0.2, -0.15) is 0 Å². The number of sulfonamides is 1. The Balaban J connectivity index is 1.66. The van der Waals surface area contributed by atoms with Gasteiger partial charge in [0.1, 0.15) is 12.3 Å². The topological polar surface area (TPSA) is 96.0 Å². The maximum atomic E-state index is 13.7. The Morgan fingerprint density at radius 2 is 1.78 bits per heavy atom. The fourth-order valence-corrected chi connectivity index (χ4v) is 5.72. The Hall–Kier alpha value is -3.85. The first-order chi connectivity index (χ1) is 17.7. The van der Waals surface area contributed by atoms with E-state index in [1.165, 1.54) is 12.1 Å². The van der Waals surface area contributed by atoms with Gasteiger partial charge >= 0.3 is 0 Å². The lowest BCUT2D eigenvalue weighted by Crippen LogP contribution is -2.38. The zero-order valence-corrected chi connectivity index (χ0v) is 22.0. The molecule has 1 aliphatic rings. The molecule has 9 heteroatoms. The largest absolute Gasteiger partial charge is 0.492 e. The van der Waals surface area contributed by atoms with E-state index in [0.29, 0.717) is 31.0 Å². The molecule has 3 aromatic carbocycles. The van der Waals surface area contributed by atoms with Crippen LogP contribution in [-0.2, 0) is 19.6 Å². The number of nitrogens with zero attached hydrogens (tertiary/aromatic N) is 2. The normalized spacial score (nSPS) is 13.5.